The van der Waals surface area contributed by atoms with Crippen LogP contribution in [0.1, 0.15) is 20.7 Å². The molecular formula is C19H11ClFNO5. The zero-order valence-corrected chi connectivity index (χ0v) is 14.3. The SMILES string of the molecule is O=C(O)/C(O)=C/C(=O)c1cn(C(=O)c2ccc(F)cc2)c2ccc(Cl)cc12. The summed E-state index contributed by atoms with van der Waals surface area (Å²) in [6.07, 6.45) is 1.77. The Balaban J connectivity index is 2.16. The molecule has 0 spiro atoms. The van der Waals surface area contributed by atoms with Crippen molar-refractivity contribution in [3.05, 3.63) is 82.5 Å². The number of aliphatic hydroxyl groups is 1. The van der Waals surface area contributed by atoms with Crippen LogP contribution in [-0.2, 0) is 4.79 Å². The summed E-state index contributed by atoms with van der Waals surface area (Å²) < 4.78 is 14.3. The molecule has 3 aromatic rings. The number of halogens is 2. The van der Waals surface area contributed by atoms with Gasteiger partial charge in [0.25, 0.3) is 5.91 Å². The smallest absolute Gasteiger partial charge is 0.371 e. The van der Waals surface area contributed by atoms with Crippen LogP contribution < -0.4 is 0 Å². The summed E-state index contributed by atoms with van der Waals surface area (Å²) in [4.78, 5) is 35.9. The molecule has 0 fully saturated rings. The number of benzene rings is 2. The number of rotatable bonds is 4. The van der Waals surface area contributed by atoms with Crippen molar-refractivity contribution in [3.8, 4) is 0 Å². The molecule has 0 atom stereocenters. The molecule has 1 aromatic heterocycles. The molecule has 3 rings (SSSR count). The van der Waals surface area contributed by atoms with Crippen molar-refractivity contribution < 1.29 is 29.0 Å². The lowest BCUT2D eigenvalue weighted by atomic mass is 10.1. The first-order valence-electron chi connectivity index (χ1n) is 7.57. The van der Waals surface area contributed by atoms with Gasteiger partial charge in [0.1, 0.15) is 5.82 Å². The van der Waals surface area contributed by atoms with E-state index in [1.54, 1.807) is 0 Å². The van der Waals surface area contributed by atoms with Crippen LogP contribution in [0.25, 0.3) is 10.9 Å². The lowest BCUT2D eigenvalue weighted by Crippen LogP contribution is -2.11. The summed E-state index contributed by atoms with van der Waals surface area (Å²) in [5.41, 5.74) is 0.516. The average molecular weight is 388 g/mol. The molecule has 2 N–H and O–H groups in total. The Morgan fingerprint density at radius 2 is 1.70 bits per heavy atom. The minimum atomic E-state index is -1.66. The lowest BCUT2D eigenvalue weighted by molar-refractivity contribution is -0.135. The quantitative estimate of drug-likeness (QED) is 0.403. The molecule has 0 saturated carbocycles. The molecule has 136 valence electrons. The summed E-state index contributed by atoms with van der Waals surface area (Å²) in [6, 6.07) is 9.37. The number of aromatic nitrogens is 1. The zero-order valence-electron chi connectivity index (χ0n) is 13.5. The van der Waals surface area contributed by atoms with Gasteiger partial charge < -0.3 is 10.2 Å². The maximum atomic E-state index is 13.1. The molecule has 0 aliphatic carbocycles. The van der Waals surface area contributed by atoms with E-state index >= 15 is 0 Å². The van der Waals surface area contributed by atoms with E-state index in [-0.39, 0.29) is 11.1 Å². The molecule has 0 aliphatic heterocycles. The molecule has 27 heavy (non-hydrogen) atoms. The first-order chi connectivity index (χ1) is 12.8. The molecule has 8 heteroatoms. The highest BCUT2D eigenvalue weighted by molar-refractivity contribution is 6.32. The highest BCUT2D eigenvalue weighted by Gasteiger charge is 2.20. The van der Waals surface area contributed by atoms with Gasteiger partial charge in [-0.2, -0.15) is 0 Å². The molecule has 0 radical (unpaired) electrons. The Kier molecular flexibility index (Phi) is 4.79. The molecule has 6 nitrogen and oxygen atoms in total. The molecule has 0 unspecified atom stereocenters. The Morgan fingerprint density at radius 3 is 2.33 bits per heavy atom. The summed E-state index contributed by atoms with van der Waals surface area (Å²) >= 11 is 5.97. The molecule has 0 aliphatic rings. The van der Waals surface area contributed by atoms with Crippen molar-refractivity contribution >= 4 is 40.2 Å². The number of aliphatic carboxylic acids is 1. The molecular weight excluding hydrogens is 377 g/mol. The number of carboxylic acids is 1. The minimum Gasteiger partial charge on any atom is -0.502 e. The fourth-order valence-electron chi connectivity index (χ4n) is 2.56. The number of allylic oxidation sites excluding steroid dienone is 1. The first kappa shape index (κ1) is 18.3. The summed E-state index contributed by atoms with van der Waals surface area (Å²) in [6.45, 7) is 0. The van der Waals surface area contributed by atoms with Crippen LogP contribution in [0.15, 0.2) is 60.5 Å². The second-order valence-electron chi connectivity index (χ2n) is 5.59. The van der Waals surface area contributed by atoms with Crippen molar-refractivity contribution in [2.75, 3.05) is 0 Å². The summed E-state index contributed by atoms with van der Waals surface area (Å²) in [5, 5.41) is 18.6. The molecule has 1 heterocycles. The Hall–Kier alpha value is -3.45. The van der Waals surface area contributed by atoms with Crippen LogP contribution in [0.4, 0.5) is 4.39 Å². The van der Waals surface area contributed by atoms with Gasteiger partial charge in [0.05, 0.1) is 5.52 Å². The first-order valence-corrected chi connectivity index (χ1v) is 7.95. The van der Waals surface area contributed by atoms with Crippen molar-refractivity contribution in [1.29, 1.82) is 0 Å². The van der Waals surface area contributed by atoms with Crippen molar-refractivity contribution in [2.45, 2.75) is 0 Å². The predicted octanol–water partition coefficient (Wildman–Crippen LogP) is 3.83. The second-order valence-corrected chi connectivity index (χ2v) is 6.02. The predicted molar refractivity (Wildman–Crippen MR) is 95.8 cm³/mol. The van der Waals surface area contributed by atoms with Crippen molar-refractivity contribution in [1.82, 2.24) is 4.57 Å². The standard InChI is InChI=1S/C19H11ClFNO5/c20-11-3-6-15-13(7-11)14(16(23)8-17(24)19(26)27)9-22(15)18(25)10-1-4-12(21)5-2-10/h1-9,24H,(H,26,27)/b17-8-. The topological polar surface area (TPSA) is 96.6 Å². The van der Waals surface area contributed by atoms with E-state index < -0.39 is 29.2 Å². The van der Waals surface area contributed by atoms with Crippen LogP contribution in [0.3, 0.4) is 0 Å². The number of fused-ring (bicyclic) bond motifs is 1. The number of hydrogen-bond donors (Lipinski definition) is 2. The third-order valence-corrected chi connectivity index (χ3v) is 4.06. The number of carbonyl (C=O) groups is 3. The van der Waals surface area contributed by atoms with Crippen LogP contribution in [0, 0.1) is 5.82 Å². The van der Waals surface area contributed by atoms with E-state index in [1.165, 1.54) is 41.1 Å². The van der Waals surface area contributed by atoms with E-state index in [0.29, 0.717) is 22.0 Å². The summed E-state index contributed by atoms with van der Waals surface area (Å²) in [7, 11) is 0. The Bertz CT molecular complexity index is 1120. The second kappa shape index (κ2) is 7.05. The van der Waals surface area contributed by atoms with Gasteiger partial charge in [-0.3, -0.25) is 14.2 Å². The number of ketones is 1. The Labute approximate surface area is 156 Å². The van der Waals surface area contributed by atoms with E-state index in [4.69, 9.17) is 16.7 Å². The average Bonchev–Trinajstić information content (AvgIpc) is 3.00. The summed E-state index contributed by atoms with van der Waals surface area (Å²) in [5.74, 6) is -4.62. The van der Waals surface area contributed by atoms with Crippen molar-refractivity contribution in [3.63, 3.8) is 0 Å². The molecule has 0 bridgehead atoms. The van der Waals surface area contributed by atoms with Gasteiger partial charge in [-0.1, -0.05) is 11.6 Å². The monoisotopic (exact) mass is 387 g/mol. The van der Waals surface area contributed by atoms with Gasteiger partial charge in [0.2, 0.25) is 5.76 Å². The van der Waals surface area contributed by atoms with Crippen molar-refractivity contribution in [2.24, 2.45) is 0 Å². The minimum absolute atomic E-state index is 0.0178. The molecule has 0 saturated heterocycles. The number of hydrogen-bond acceptors (Lipinski definition) is 4. The fraction of sp³-hybridized carbons (Fsp3) is 0. The number of aliphatic hydroxyl groups excluding tert-OH is 1. The molecule has 0 amide bonds. The fourth-order valence-corrected chi connectivity index (χ4v) is 2.73. The highest BCUT2D eigenvalue weighted by atomic mass is 35.5. The van der Waals surface area contributed by atoms with E-state index in [1.807, 2.05) is 0 Å². The largest absolute Gasteiger partial charge is 0.502 e. The normalized spacial score (nSPS) is 11.6. The van der Waals surface area contributed by atoms with Gasteiger partial charge in [0.15, 0.2) is 5.78 Å². The Morgan fingerprint density at radius 1 is 1.04 bits per heavy atom. The van der Waals surface area contributed by atoms with Gasteiger partial charge >= 0.3 is 5.97 Å². The van der Waals surface area contributed by atoms with E-state index in [0.717, 1.165) is 12.1 Å². The number of nitrogens with zero attached hydrogens (tertiary/aromatic N) is 1. The number of carboxylic acid groups (broad SMARTS) is 1. The third-order valence-electron chi connectivity index (χ3n) is 3.83. The lowest BCUT2D eigenvalue weighted by Gasteiger charge is -2.04. The van der Waals surface area contributed by atoms with Gasteiger partial charge in [-0.15, -0.1) is 0 Å². The van der Waals surface area contributed by atoms with Gasteiger partial charge in [-0.25, -0.2) is 9.18 Å². The third kappa shape index (κ3) is 3.58. The maximum Gasteiger partial charge on any atom is 0.371 e. The van der Waals surface area contributed by atoms with Gasteiger partial charge in [-0.05, 0) is 42.5 Å². The highest BCUT2D eigenvalue weighted by Crippen LogP contribution is 2.27. The number of carbonyl (C=O) groups excluding carboxylic acids is 2. The van der Waals surface area contributed by atoms with E-state index in [9.17, 15) is 23.9 Å². The molecule has 2 aromatic carbocycles. The van der Waals surface area contributed by atoms with Crippen LogP contribution in [-0.4, -0.2) is 32.4 Å². The van der Waals surface area contributed by atoms with E-state index in [2.05, 4.69) is 0 Å². The van der Waals surface area contributed by atoms with Crippen LogP contribution in [0.2, 0.25) is 5.02 Å². The van der Waals surface area contributed by atoms with Crippen LogP contribution in [0.5, 0.6) is 0 Å². The zero-order chi connectivity index (χ0) is 19.7. The maximum absolute atomic E-state index is 13.1. The van der Waals surface area contributed by atoms with Crippen LogP contribution >= 0.6 is 11.6 Å². The van der Waals surface area contributed by atoms with Gasteiger partial charge in [0, 0.05) is 33.8 Å².